The van der Waals surface area contributed by atoms with Gasteiger partial charge in [-0.2, -0.15) is 0 Å². The molecule has 22 heavy (non-hydrogen) atoms. The van der Waals surface area contributed by atoms with Crippen molar-refractivity contribution in [3.8, 4) is 0 Å². The van der Waals surface area contributed by atoms with Crippen molar-refractivity contribution in [3.63, 3.8) is 0 Å². The van der Waals surface area contributed by atoms with Crippen molar-refractivity contribution >= 4 is 32.0 Å². The highest BCUT2D eigenvalue weighted by atomic mass is 32.1. The van der Waals surface area contributed by atoms with Crippen LogP contribution in [0.3, 0.4) is 0 Å². The molecule has 1 aromatic heterocycles. The molecule has 0 saturated heterocycles. The molecule has 124 valence electrons. The molecule has 0 aliphatic heterocycles. The third-order valence-corrected chi connectivity index (χ3v) is 9.87. The van der Waals surface area contributed by atoms with Gasteiger partial charge in [-0.15, -0.1) is 11.3 Å². The average molecular weight is 340 g/mol. The summed E-state index contributed by atoms with van der Waals surface area (Å²) in [4.78, 5) is 15.8. The van der Waals surface area contributed by atoms with Crippen molar-refractivity contribution in [2.75, 3.05) is 0 Å². The zero-order chi connectivity index (χ0) is 16.8. The van der Waals surface area contributed by atoms with Gasteiger partial charge in [-0.05, 0) is 43.6 Å². The lowest BCUT2D eigenvalue weighted by molar-refractivity contribution is -0.112. The van der Waals surface area contributed by atoms with Gasteiger partial charge in [0.05, 0.1) is 16.8 Å². The van der Waals surface area contributed by atoms with Crippen LogP contribution in [0.1, 0.15) is 45.3 Å². The van der Waals surface area contributed by atoms with Crippen LogP contribution >= 0.6 is 11.3 Å². The van der Waals surface area contributed by atoms with Crippen LogP contribution in [0.4, 0.5) is 0 Å². The third-order valence-electron chi connectivity index (χ3n) is 4.46. The largest absolute Gasteiger partial charge is 0.410 e. The minimum Gasteiger partial charge on any atom is -0.410 e. The van der Waals surface area contributed by atoms with E-state index in [1.54, 1.807) is 11.3 Å². The van der Waals surface area contributed by atoms with Gasteiger partial charge in [-0.1, -0.05) is 27.7 Å². The van der Waals surface area contributed by atoms with Crippen molar-refractivity contribution in [2.24, 2.45) is 5.92 Å². The van der Waals surface area contributed by atoms with Gasteiger partial charge in [0, 0.05) is 11.3 Å². The third kappa shape index (κ3) is 4.86. The number of aldehydes is 1. The van der Waals surface area contributed by atoms with Crippen molar-refractivity contribution in [1.29, 1.82) is 0 Å². The van der Waals surface area contributed by atoms with Gasteiger partial charge in [0.15, 0.2) is 8.32 Å². The summed E-state index contributed by atoms with van der Waals surface area (Å²) in [5.74, 6) is -0.132. The van der Waals surface area contributed by atoms with E-state index in [4.69, 9.17) is 4.43 Å². The van der Waals surface area contributed by atoms with E-state index in [0.29, 0.717) is 0 Å². The lowest BCUT2D eigenvalue weighted by Gasteiger charge is -2.35. The Morgan fingerprint density at radius 2 is 1.95 bits per heavy atom. The van der Waals surface area contributed by atoms with Crippen molar-refractivity contribution in [2.45, 2.75) is 65.8 Å². The Kier molecular flexibility index (Phi) is 7.66. The van der Waals surface area contributed by atoms with E-state index >= 15 is 0 Å². The van der Waals surface area contributed by atoms with Gasteiger partial charge < -0.3 is 9.22 Å². The first-order valence-electron chi connectivity index (χ1n) is 8.14. The van der Waals surface area contributed by atoms with Crippen LogP contribution < -0.4 is 0 Å². The molecule has 0 aromatic carbocycles. The minimum absolute atomic E-state index is 0.132. The van der Waals surface area contributed by atoms with Crippen LogP contribution in [0.15, 0.2) is 11.0 Å². The van der Waals surface area contributed by atoms with E-state index in [0.717, 1.165) is 40.7 Å². The number of aryl methyl sites for hydroxylation is 1. The van der Waals surface area contributed by atoms with E-state index in [1.165, 1.54) is 0 Å². The number of aromatic nitrogens is 1. The van der Waals surface area contributed by atoms with Gasteiger partial charge in [0.25, 0.3) is 0 Å². The Hall–Kier alpha value is -0.783. The predicted molar refractivity (Wildman–Crippen MR) is 97.8 cm³/mol. The van der Waals surface area contributed by atoms with E-state index < -0.39 is 8.32 Å². The lowest BCUT2D eigenvalue weighted by atomic mass is 9.99. The molecule has 0 N–H and O–H groups in total. The SMILES string of the molecule is CC[Si](CC)(CC)O[C@H](/C(C)=C/c1csc(C)n1)[C@@H](C)C=O. The molecule has 0 fully saturated rings. The number of nitrogens with zero attached hydrogens (tertiary/aromatic N) is 1. The second kappa shape index (κ2) is 8.75. The second-order valence-electron chi connectivity index (χ2n) is 5.96. The standard InChI is InChI=1S/C17H29NO2SSi/c1-7-22(8-2,9-3)20-17(14(5)11-19)13(4)10-16-12-21-15(6)18-16/h10-12,14,17H,7-9H2,1-6H3/b13-10+/t14-,17+/m0/s1. The molecule has 0 amide bonds. The summed E-state index contributed by atoms with van der Waals surface area (Å²) >= 11 is 1.64. The maximum Gasteiger partial charge on any atom is 0.192 e. The molecule has 0 aliphatic carbocycles. The first-order chi connectivity index (χ1) is 10.4. The highest BCUT2D eigenvalue weighted by Gasteiger charge is 2.34. The number of hydrogen-bond donors (Lipinski definition) is 0. The molecule has 0 saturated carbocycles. The summed E-state index contributed by atoms with van der Waals surface area (Å²) in [6.45, 7) is 12.6. The number of carbonyl (C=O) groups is 1. The summed E-state index contributed by atoms with van der Waals surface area (Å²) in [6.07, 6.45) is 2.94. The van der Waals surface area contributed by atoms with E-state index in [1.807, 2.05) is 19.2 Å². The molecular weight excluding hydrogens is 310 g/mol. The number of hydrogen-bond acceptors (Lipinski definition) is 4. The van der Waals surface area contributed by atoms with Gasteiger partial charge >= 0.3 is 0 Å². The molecule has 1 aromatic rings. The number of carbonyl (C=O) groups excluding carboxylic acids is 1. The second-order valence-corrected chi connectivity index (χ2v) is 11.7. The Morgan fingerprint density at radius 1 is 1.36 bits per heavy atom. The lowest BCUT2D eigenvalue weighted by Crippen LogP contribution is -2.42. The molecule has 3 nitrogen and oxygen atoms in total. The first-order valence-corrected chi connectivity index (χ1v) is 11.6. The molecule has 5 heteroatoms. The van der Waals surface area contributed by atoms with Crippen LogP contribution in [0.5, 0.6) is 0 Å². The molecule has 0 bridgehead atoms. The average Bonchev–Trinajstić information content (AvgIpc) is 2.93. The number of thiazole rings is 1. The molecule has 0 spiro atoms. The maximum absolute atomic E-state index is 11.4. The smallest absolute Gasteiger partial charge is 0.192 e. The fourth-order valence-corrected chi connectivity index (χ4v) is 6.23. The van der Waals surface area contributed by atoms with Gasteiger partial charge in [-0.25, -0.2) is 4.98 Å². The highest BCUT2D eigenvalue weighted by Crippen LogP contribution is 2.29. The van der Waals surface area contributed by atoms with Gasteiger partial charge in [0.1, 0.15) is 6.29 Å². The van der Waals surface area contributed by atoms with E-state index in [2.05, 4.69) is 38.8 Å². The van der Waals surface area contributed by atoms with E-state index in [9.17, 15) is 4.79 Å². The fraction of sp³-hybridized carbons (Fsp3) is 0.647. The quantitative estimate of drug-likeness (QED) is 0.465. The highest BCUT2D eigenvalue weighted by molar-refractivity contribution is 7.09. The van der Waals surface area contributed by atoms with Crippen molar-refractivity contribution in [3.05, 3.63) is 21.7 Å². The summed E-state index contributed by atoms with van der Waals surface area (Å²) < 4.78 is 6.59. The van der Waals surface area contributed by atoms with Crippen LogP contribution in [-0.4, -0.2) is 25.7 Å². The molecule has 0 aliphatic rings. The van der Waals surface area contributed by atoms with Crippen LogP contribution in [0.2, 0.25) is 18.1 Å². The zero-order valence-corrected chi connectivity index (χ0v) is 16.5. The van der Waals surface area contributed by atoms with Crippen molar-refractivity contribution < 1.29 is 9.22 Å². The molecule has 1 heterocycles. The summed E-state index contributed by atoms with van der Waals surface area (Å²) in [6, 6.07) is 3.27. The van der Waals surface area contributed by atoms with Crippen molar-refractivity contribution in [1.82, 2.24) is 4.98 Å². The molecule has 2 atom stereocenters. The van der Waals surface area contributed by atoms with Crippen LogP contribution in [0, 0.1) is 12.8 Å². The Morgan fingerprint density at radius 3 is 2.36 bits per heavy atom. The summed E-state index contributed by atoms with van der Waals surface area (Å²) in [7, 11) is -1.75. The fourth-order valence-electron chi connectivity index (χ4n) is 2.72. The predicted octanol–water partition coefficient (Wildman–Crippen LogP) is 5.08. The van der Waals surface area contributed by atoms with Crippen LogP contribution in [-0.2, 0) is 9.22 Å². The topological polar surface area (TPSA) is 39.2 Å². The van der Waals surface area contributed by atoms with Gasteiger partial charge in [-0.3, -0.25) is 0 Å². The Bertz CT molecular complexity index is 500. The normalized spacial score (nSPS) is 15.6. The maximum atomic E-state index is 11.4. The molecule has 1 rings (SSSR count). The molecular formula is C17H29NO2SSi. The summed E-state index contributed by atoms with van der Waals surface area (Å²) in [5.41, 5.74) is 2.06. The van der Waals surface area contributed by atoms with Gasteiger partial charge in [0.2, 0.25) is 0 Å². The Labute approximate surface area is 139 Å². The monoisotopic (exact) mass is 339 g/mol. The first kappa shape index (κ1) is 19.3. The van der Waals surface area contributed by atoms with E-state index in [-0.39, 0.29) is 12.0 Å². The minimum atomic E-state index is -1.75. The molecule has 0 unspecified atom stereocenters. The summed E-state index contributed by atoms with van der Waals surface area (Å²) in [5, 5.41) is 3.10. The van der Waals surface area contributed by atoms with Crippen LogP contribution in [0.25, 0.3) is 6.08 Å². The zero-order valence-electron chi connectivity index (χ0n) is 14.7. The number of rotatable bonds is 9. The molecule has 0 radical (unpaired) electrons. The Balaban J connectivity index is 3.06.